The van der Waals surface area contributed by atoms with E-state index in [-0.39, 0.29) is 0 Å². The predicted octanol–water partition coefficient (Wildman–Crippen LogP) is 2.38. The van der Waals surface area contributed by atoms with Crippen molar-refractivity contribution in [2.75, 3.05) is 13.1 Å². The summed E-state index contributed by atoms with van der Waals surface area (Å²) >= 11 is 0. The first-order chi connectivity index (χ1) is 7.90. The van der Waals surface area contributed by atoms with Gasteiger partial charge in [-0.1, -0.05) is 12.8 Å². The molecule has 0 bridgehead atoms. The molecule has 3 atom stereocenters. The van der Waals surface area contributed by atoms with Crippen LogP contribution in [0.5, 0.6) is 0 Å². The molecule has 0 aromatic rings. The van der Waals surface area contributed by atoms with Crippen molar-refractivity contribution < 1.29 is 0 Å². The molecule has 0 radical (unpaired) electrons. The van der Waals surface area contributed by atoms with Crippen molar-refractivity contribution in [3.05, 3.63) is 0 Å². The zero-order chi connectivity index (χ0) is 11.0. The number of fused-ring (bicyclic) bond motifs is 1. The van der Waals surface area contributed by atoms with Crippen LogP contribution in [0, 0.1) is 11.8 Å². The third-order valence-electron chi connectivity index (χ3n) is 5.12. The molecule has 2 nitrogen and oxygen atoms in total. The van der Waals surface area contributed by atoms with E-state index in [9.17, 15) is 0 Å². The van der Waals surface area contributed by atoms with E-state index in [2.05, 4.69) is 4.90 Å². The maximum atomic E-state index is 6.02. The van der Waals surface area contributed by atoms with Gasteiger partial charge in [0.2, 0.25) is 0 Å². The standard InChI is InChI=1S/C14H26N2/c15-10-14(12-7-8-12)16-9-3-5-11-4-1-2-6-13(11)16/h11-14H,1-10,15H2/t11-,13-,14?/m1/s1. The van der Waals surface area contributed by atoms with E-state index in [1.165, 1.54) is 57.9 Å². The van der Waals surface area contributed by atoms with Gasteiger partial charge in [-0.2, -0.15) is 0 Å². The highest BCUT2D eigenvalue weighted by Gasteiger charge is 2.41. The molecule has 92 valence electrons. The average molecular weight is 222 g/mol. The predicted molar refractivity (Wildman–Crippen MR) is 67.3 cm³/mol. The summed E-state index contributed by atoms with van der Waals surface area (Å²) in [5, 5.41) is 0. The van der Waals surface area contributed by atoms with Gasteiger partial charge in [0.05, 0.1) is 0 Å². The Hall–Kier alpha value is -0.0800. The van der Waals surface area contributed by atoms with E-state index in [1.807, 2.05) is 0 Å². The van der Waals surface area contributed by atoms with Crippen molar-refractivity contribution >= 4 is 0 Å². The third-order valence-corrected chi connectivity index (χ3v) is 5.12. The van der Waals surface area contributed by atoms with Crippen LogP contribution in [0.1, 0.15) is 51.4 Å². The normalized spacial score (nSPS) is 38.1. The lowest BCUT2D eigenvalue weighted by molar-refractivity contribution is 0.0210. The second-order valence-corrected chi connectivity index (χ2v) is 6.13. The van der Waals surface area contributed by atoms with Gasteiger partial charge in [-0.25, -0.2) is 0 Å². The molecule has 0 spiro atoms. The highest BCUT2D eigenvalue weighted by molar-refractivity contribution is 4.96. The maximum absolute atomic E-state index is 6.02. The van der Waals surface area contributed by atoms with Gasteiger partial charge in [0.25, 0.3) is 0 Å². The van der Waals surface area contributed by atoms with Crippen LogP contribution in [0.3, 0.4) is 0 Å². The summed E-state index contributed by atoms with van der Waals surface area (Å²) in [6.07, 6.45) is 11.7. The molecular formula is C14H26N2. The van der Waals surface area contributed by atoms with Gasteiger partial charge in [-0.3, -0.25) is 4.90 Å². The molecule has 16 heavy (non-hydrogen) atoms. The second-order valence-electron chi connectivity index (χ2n) is 6.13. The number of nitrogens with zero attached hydrogens (tertiary/aromatic N) is 1. The fraction of sp³-hybridized carbons (Fsp3) is 1.00. The van der Waals surface area contributed by atoms with Crippen LogP contribution in [0.4, 0.5) is 0 Å². The molecule has 2 saturated carbocycles. The largest absolute Gasteiger partial charge is 0.329 e. The van der Waals surface area contributed by atoms with E-state index in [1.54, 1.807) is 0 Å². The number of hydrogen-bond acceptors (Lipinski definition) is 2. The maximum Gasteiger partial charge on any atom is 0.0249 e. The summed E-state index contributed by atoms with van der Waals surface area (Å²) in [5.74, 6) is 1.96. The van der Waals surface area contributed by atoms with Crippen LogP contribution in [0.25, 0.3) is 0 Å². The Labute approximate surface area is 99.6 Å². The minimum Gasteiger partial charge on any atom is -0.329 e. The minimum absolute atomic E-state index is 0.728. The van der Waals surface area contributed by atoms with Crippen molar-refractivity contribution in [1.29, 1.82) is 0 Å². The minimum atomic E-state index is 0.728. The van der Waals surface area contributed by atoms with E-state index < -0.39 is 0 Å². The summed E-state index contributed by atoms with van der Waals surface area (Å²) in [5.41, 5.74) is 6.02. The Morgan fingerprint density at radius 1 is 1.00 bits per heavy atom. The quantitative estimate of drug-likeness (QED) is 0.794. The molecule has 3 aliphatic rings. The molecule has 1 unspecified atom stereocenters. The molecule has 1 heterocycles. The van der Waals surface area contributed by atoms with Crippen LogP contribution in [0.2, 0.25) is 0 Å². The van der Waals surface area contributed by atoms with Crippen LogP contribution in [-0.2, 0) is 0 Å². The molecule has 2 heteroatoms. The number of hydrogen-bond donors (Lipinski definition) is 1. The Morgan fingerprint density at radius 2 is 1.75 bits per heavy atom. The van der Waals surface area contributed by atoms with Gasteiger partial charge >= 0.3 is 0 Å². The molecular weight excluding hydrogens is 196 g/mol. The van der Waals surface area contributed by atoms with E-state index >= 15 is 0 Å². The number of nitrogens with two attached hydrogens (primary N) is 1. The SMILES string of the molecule is NCC(C1CC1)N1CCC[C@H]2CCCC[C@H]21. The first-order valence-electron chi connectivity index (χ1n) is 7.36. The summed E-state index contributed by atoms with van der Waals surface area (Å²) in [6.45, 7) is 2.23. The lowest BCUT2D eigenvalue weighted by Crippen LogP contribution is -2.54. The molecule has 0 aromatic heterocycles. The fourth-order valence-corrected chi connectivity index (χ4v) is 4.15. The Balaban J connectivity index is 1.71. The van der Waals surface area contributed by atoms with Gasteiger partial charge in [-0.05, 0) is 56.9 Å². The molecule has 1 saturated heterocycles. The topological polar surface area (TPSA) is 29.3 Å². The molecule has 0 aromatic carbocycles. The van der Waals surface area contributed by atoms with Crippen LogP contribution in [-0.4, -0.2) is 30.1 Å². The van der Waals surface area contributed by atoms with Crippen molar-refractivity contribution in [2.45, 2.75) is 63.5 Å². The number of piperidine rings is 1. The molecule has 3 fully saturated rings. The van der Waals surface area contributed by atoms with E-state index in [4.69, 9.17) is 5.73 Å². The van der Waals surface area contributed by atoms with Gasteiger partial charge in [0.1, 0.15) is 0 Å². The van der Waals surface area contributed by atoms with E-state index in [0.29, 0.717) is 0 Å². The van der Waals surface area contributed by atoms with Gasteiger partial charge < -0.3 is 5.73 Å². The van der Waals surface area contributed by atoms with Crippen molar-refractivity contribution in [1.82, 2.24) is 4.90 Å². The van der Waals surface area contributed by atoms with Gasteiger partial charge in [0.15, 0.2) is 0 Å². The summed E-state index contributed by atoms with van der Waals surface area (Å²) in [4.78, 5) is 2.82. The summed E-state index contributed by atoms with van der Waals surface area (Å²) < 4.78 is 0. The third kappa shape index (κ3) is 2.02. The van der Waals surface area contributed by atoms with Crippen LogP contribution < -0.4 is 5.73 Å². The average Bonchev–Trinajstić information content (AvgIpc) is 3.15. The van der Waals surface area contributed by atoms with Crippen LogP contribution >= 0.6 is 0 Å². The number of likely N-dealkylation sites (tertiary alicyclic amines) is 1. The lowest BCUT2D eigenvalue weighted by Gasteiger charge is -2.47. The molecule has 3 rings (SSSR count). The first-order valence-corrected chi connectivity index (χ1v) is 7.36. The zero-order valence-electron chi connectivity index (χ0n) is 10.4. The smallest absolute Gasteiger partial charge is 0.0249 e. The molecule has 1 aliphatic heterocycles. The second kappa shape index (κ2) is 4.66. The molecule has 2 aliphatic carbocycles. The monoisotopic (exact) mass is 222 g/mol. The Bertz CT molecular complexity index is 235. The lowest BCUT2D eigenvalue weighted by atomic mass is 9.77. The van der Waals surface area contributed by atoms with Crippen molar-refractivity contribution in [2.24, 2.45) is 17.6 Å². The Morgan fingerprint density at radius 3 is 2.50 bits per heavy atom. The van der Waals surface area contributed by atoms with Crippen molar-refractivity contribution in [3.63, 3.8) is 0 Å². The molecule has 0 amide bonds. The van der Waals surface area contributed by atoms with E-state index in [0.717, 1.165) is 30.5 Å². The number of rotatable bonds is 3. The van der Waals surface area contributed by atoms with Crippen molar-refractivity contribution in [3.8, 4) is 0 Å². The highest BCUT2D eigenvalue weighted by atomic mass is 15.2. The van der Waals surface area contributed by atoms with Gasteiger partial charge in [-0.15, -0.1) is 0 Å². The fourth-order valence-electron chi connectivity index (χ4n) is 4.15. The highest BCUT2D eigenvalue weighted by Crippen LogP contribution is 2.41. The summed E-state index contributed by atoms with van der Waals surface area (Å²) in [6, 6.07) is 1.63. The first kappa shape index (κ1) is 11.0. The van der Waals surface area contributed by atoms with Crippen LogP contribution in [0.15, 0.2) is 0 Å². The zero-order valence-corrected chi connectivity index (χ0v) is 10.4. The Kier molecular flexibility index (Phi) is 3.21. The summed E-state index contributed by atoms with van der Waals surface area (Å²) in [7, 11) is 0. The van der Waals surface area contributed by atoms with Gasteiger partial charge in [0, 0.05) is 18.6 Å². The molecule has 2 N–H and O–H groups in total.